The molecule has 2 aromatic heterocycles. The molecule has 2 heterocycles. The zero-order valence-corrected chi connectivity index (χ0v) is 10.8. The van der Waals surface area contributed by atoms with Gasteiger partial charge in [0.05, 0.1) is 11.1 Å². The van der Waals surface area contributed by atoms with Crippen LogP contribution in [0.25, 0.3) is 22.6 Å². The predicted molar refractivity (Wildman–Crippen MR) is 66.6 cm³/mol. The van der Waals surface area contributed by atoms with E-state index in [0.29, 0.717) is 11.1 Å². The molecule has 0 aliphatic rings. The number of rotatable bonds is 1. The second kappa shape index (κ2) is 4.47. The van der Waals surface area contributed by atoms with Crippen molar-refractivity contribution >= 4 is 11.1 Å². The van der Waals surface area contributed by atoms with Gasteiger partial charge >= 0.3 is 6.18 Å². The van der Waals surface area contributed by atoms with E-state index in [9.17, 15) is 18.4 Å². The Bertz CT molecular complexity index is 825. The Hall–Kier alpha value is -2.57. The molecule has 0 aliphatic carbocycles. The van der Waals surface area contributed by atoms with Crippen molar-refractivity contribution in [1.29, 1.82) is 0 Å². The van der Waals surface area contributed by atoms with E-state index >= 15 is 0 Å². The summed E-state index contributed by atoms with van der Waals surface area (Å²) in [6.07, 6.45) is -1.58. The van der Waals surface area contributed by atoms with Crippen LogP contribution in [0.3, 0.4) is 0 Å². The third-order valence-corrected chi connectivity index (χ3v) is 3.09. The molecular weight excluding hydrogens is 285 g/mol. The molecule has 108 valence electrons. The molecule has 21 heavy (non-hydrogen) atoms. The van der Waals surface area contributed by atoms with Crippen LogP contribution < -0.4 is 4.73 Å². The zero-order chi connectivity index (χ0) is 15.2. The first-order valence-corrected chi connectivity index (χ1v) is 6.04. The van der Waals surface area contributed by atoms with Crippen molar-refractivity contribution < 1.29 is 27.5 Å². The first kappa shape index (κ1) is 13.4. The van der Waals surface area contributed by atoms with Gasteiger partial charge < -0.3 is 4.42 Å². The number of nitrogens with zero attached hydrogens (tertiary/aromatic N) is 2. The van der Waals surface area contributed by atoms with Crippen LogP contribution in [0.2, 0.25) is 0 Å². The van der Waals surface area contributed by atoms with Crippen molar-refractivity contribution in [2.24, 2.45) is 0 Å². The average molecular weight is 295 g/mol. The lowest BCUT2D eigenvalue weighted by Crippen LogP contribution is -2.28. The van der Waals surface area contributed by atoms with Gasteiger partial charge in [0.2, 0.25) is 18.3 Å². The Balaban J connectivity index is 2.13. The van der Waals surface area contributed by atoms with Crippen LogP contribution in [0.15, 0.2) is 41.1 Å². The quantitative estimate of drug-likeness (QED) is 0.553. The summed E-state index contributed by atoms with van der Waals surface area (Å²) in [7, 11) is 0. The molecule has 0 saturated heterocycles. The summed E-state index contributed by atoms with van der Waals surface area (Å²) in [5.41, 5.74) is 0.929. The van der Waals surface area contributed by atoms with Gasteiger partial charge in [0.1, 0.15) is 5.52 Å². The highest BCUT2D eigenvalue weighted by molar-refractivity contribution is 5.77. The number of hydrogen-bond acceptors (Lipinski definition) is 3. The summed E-state index contributed by atoms with van der Waals surface area (Å²) in [6, 6.07) is 4.73. The van der Waals surface area contributed by atoms with Crippen molar-refractivity contribution in [1.82, 2.24) is 4.98 Å². The molecule has 0 aliphatic heterocycles. The molecule has 1 N–H and O–H groups in total. The lowest BCUT2D eigenvalue weighted by atomic mass is 10.1. The summed E-state index contributed by atoms with van der Waals surface area (Å²) >= 11 is 0. The topological polar surface area (TPSA) is 50.1 Å². The van der Waals surface area contributed by atoms with E-state index in [1.165, 1.54) is 18.5 Å². The summed E-state index contributed by atoms with van der Waals surface area (Å²) in [4.78, 5) is 4.09. The van der Waals surface area contributed by atoms with E-state index in [4.69, 9.17) is 4.42 Å². The molecule has 0 spiro atoms. The Morgan fingerprint density at radius 2 is 2.00 bits per heavy atom. The largest absolute Gasteiger partial charge is 0.436 e. The second-order valence-corrected chi connectivity index (χ2v) is 4.62. The van der Waals surface area contributed by atoms with Crippen molar-refractivity contribution in [3.8, 4) is 11.5 Å². The van der Waals surface area contributed by atoms with E-state index < -0.39 is 11.7 Å². The first-order valence-electron chi connectivity index (χ1n) is 6.04. The minimum absolute atomic E-state index is 0.139. The first-order chi connectivity index (χ1) is 9.84. The van der Waals surface area contributed by atoms with Gasteiger partial charge in [0, 0.05) is 16.4 Å². The fourth-order valence-corrected chi connectivity index (χ4v) is 2.05. The van der Waals surface area contributed by atoms with Gasteiger partial charge in [-0.25, -0.2) is 4.98 Å². The summed E-state index contributed by atoms with van der Waals surface area (Å²) in [6.45, 7) is 1.73. The maximum atomic E-state index is 12.7. The molecule has 0 bridgehead atoms. The van der Waals surface area contributed by atoms with Gasteiger partial charge in [0.15, 0.2) is 5.58 Å². The zero-order valence-electron chi connectivity index (χ0n) is 10.8. The Kier molecular flexibility index (Phi) is 2.86. The third-order valence-electron chi connectivity index (χ3n) is 3.09. The number of benzene rings is 1. The number of halogens is 3. The average Bonchev–Trinajstić information content (AvgIpc) is 2.79. The number of aromatic nitrogens is 2. The monoisotopic (exact) mass is 295 g/mol. The van der Waals surface area contributed by atoms with E-state index in [1.807, 2.05) is 0 Å². The third kappa shape index (κ3) is 2.42. The normalized spacial score (nSPS) is 12.0. The molecule has 7 heteroatoms. The van der Waals surface area contributed by atoms with Crippen LogP contribution in [0.1, 0.15) is 11.1 Å². The molecular formula is C14H10F3N2O2+. The molecule has 3 aromatic rings. The standard InChI is InChI=1S/C14H10F3N2O2/c1-8-7-19(20)5-4-10(8)13-18-11-6-9(14(15,16)17)2-3-12(11)21-13/h2-7,20H,1H3/q+1. The SMILES string of the molecule is Cc1c[n+](O)ccc1-c1nc2cc(C(F)(F)F)ccc2o1. The summed E-state index contributed by atoms with van der Waals surface area (Å²) < 4.78 is 44.3. The number of fused-ring (bicyclic) bond motifs is 1. The van der Waals surface area contributed by atoms with Gasteiger partial charge in [-0.05, 0) is 25.1 Å². The fourth-order valence-electron chi connectivity index (χ4n) is 2.05. The molecule has 4 nitrogen and oxygen atoms in total. The van der Waals surface area contributed by atoms with Crippen LogP contribution >= 0.6 is 0 Å². The van der Waals surface area contributed by atoms with Crippen molar-refractivity contribution in [2.75, 3.05) is 0 Å². The van der Waals surface area contributed by atoms with E-state index in [1.54, 1.807) is 13.0 Å². The van der Waals surface area contributed by atoms with Crippen LogP contribution in [0.4, 0.5) is 13.2 Å². The predicted octanol–water partition coefficient (Wildman–Crippen LogP) is 3.35. The van der Waals surface area contributed by atoms with Crippen molar-refractivity contribution in [2.45, 2.75) is 13.1 Å². The van der Waals surface area contributed by atoms with Crippen molar-refractivity contribution in [3.05, 3.63) is 47.8 Å². The Labute approximate surface area is 117 Å². The van der Waals surface area contributed by atoms with E-state index in [0.717, 1.165) is 16.9 Å². The van der Waals surface area contributed by atoms with Gasteiger partial charge in [-0.3, -0.25) is 5.21 Å². The van der Waals surface area contributed by atoms with E-state index in [2.05, 4.69) is 4.98 Å². The smallest absolute Gasteiger partial charge is 0.416 e. The Morgan fingerprint density at radius 1 is 1.24 bits per heavy atom. The highest BCUT2D eigenvalue weighted by Gasteiger charge is 2.31. The maximum Gasteiger partial charge on any atom is 0.416 e. The van der Waals surface area contributed by atoms with E-state index in [-0.39, 0.29) is 17.0 Å². The molecule has 0 radical (unpaired) electrons. The van der Waals surface area contributed by atoms with Gasteiger partial charge in [-0.15, -0.1) is 0 Å². The van der Waals surface area contributed by atoms with Gasteiger partial charge in [-0.2, -0.15) is 13.2 Å². The molecule has 1 aromatic carbocycles. The molecule has 0 fully saturated rings. The minimum Gasteiger partial charge on any atom is -0.436 e. The lowest BCUT2D eigenvalue weighted by molar-refractivity contribution is -0.905. The second-order valence-electron chi connectivity index (χ2n) is 4.62. The summed E-state index contributed by atoms with van der Waals surface area (Å²) in [5.74, 6) is 0.211. The minimum atomic E-state index is -4.42. The van der Waals surface area contributed by atoms with Crippen molar-refractivity contribution in [3.63, 3.8) is 0 Å². The van der Waals surface area contributed by atoms with Crippen LogP contribution in [0, 0.1) is 6.92 Å². The Morgan fingerprint density at radius 3 is 2.67 bits per heavy atom. The highest BCUT2D eigenvalue weighted by Crippen LogP contribution is 2.33. The van der Waals surface area contributed by atoms with Crippen LogP contribution in [0.5, 0.6) is 0 Å². The number of pyridine rings is 1. The lowest BCUT2D eigenvalue weighted by Gasteiger charge is -2.04. The number of alkyl halides is 3. The molecule has 0 atom stereocenters. The molecule has 0 amide bonds. The molecule has 3 rings (SSSR count). The highest BCUT2D eigenvalue weighted by atomic mass is 19.4. The van der Waals surface area contributed by atoms with Crippen LogP contribution in [-0.2, 0) is 6.18 Å². The van der Waals surface area contributed by atoms with Crippen LogP contribution in [-0.4, -0.2) is 10.2 Å². The molecule has 0 saturated carbocycles. The number of aryl methyl sites for hydroxylation is 1. The van der Waals surface area contributed by atoms with Gasteiger partial charge in [-0.1, -0.05) is 0 Å². The maximum absolute atomic E-state index is 12.7. The van der Waals surface area contributed by atoms with Gasteiger partial charge in [0.25, 0.3) is 0 Å². The summed E-state index contributed by atoms with van der Waals surface area (Å²) in [5, 5.41) is 9.29. The molecule has 0 unspecified atom stereocenters. The fraction of sp³-hybridized carbons (Fsp3) is 0.143. The number of oxazole rings is 1. The number of hydrogen-bond donors (Lipinski definition) is 1.